The Balaban J connectivity index is 1.58. The number of aromatic nitrogens is 4. The average Bonchev–Trinajstić information content (AvgIpc) is 3.33. The molecule has 1 atom stereocenters. The molecule has 1 unspecified atom stereocenters. The van der Waals surface area contributed by atoms with Gasteiger partial charge in [-0.15, -0.1) is 32.9 Å². The Morgan fingerprint density at radius 1 is 1.24 bits per heavy atom. The van der Waals surface area contributed by atoms with E-state index in [0.29, 0.717) is 10.7 Å². The number of hydrogen-bond acceptors (Lipinski definition) is 6. The molecule has 0 bridgehead atoms. The van der Waals surface area contributed by atoms with Gasteiger partial charge in [-0.25, -0.2) is 4.98 Å². The van der Waals surface area contributed by atoms with Crippen molar-refractivity contribution in [3.63, 3.8) is 0 Å². The molecule has 0 saturated heterocycles. The zero-order valence-electron chi connectivity index (χ0n) is 13.6. The Kier molecular flexibility index (Phi) is 4.06. The summed E-state index contributed by atoms with van der Waals surface area (Å²) in [6.45, 7) is 3.76. The average molecular weight is 369 g/mol. The highest BCUT2D eigenvalue weighted by Crippen LogP contribution is 2.31. The highest BCUT2D eigenvalue weighted by Gasteiger charge is 2.21. The number of fused-ring (bicyclic) bond motifs is 1. The summed E-state index contributed by atoms with van der Waals surface area (Å²) in [5, 5.41) is 14.2. The lowest BCUT2D eigenvalue weighted by atomic mass is 10.3. The third kappa shape index (κ3) is 2.94. The van der Waals surface area contributed by atoms with Gasteiger partial charge >= 0.3 is 0 Å². The SMILES string of the molecule is Cc1nc(-c2cccs2)sc1C(=O)NC(C)c1nnc2ccccn12. The topological polar surface area (TPSA) is 72.2 Å². The van der Waals surface area contributed by atoms with Crippen LogP contribution in [0.1, 0.15) is 34.2 Å². The molecular formula is C17H15N5OS2. The molecule has 4 aromatic heterocycles. The van der Waals surface area contributed by atoms with Gasteiger partial charge < -0.3 is 5.32 Å². The maximum Gasteiger partial charge on any atom is 0.263 e. The molecule has 25 heavy (non-hydrogen) atoms. The Morgan fingerprint density at radius 2 is 2.12 bits per heavy atom. The minimum absolute atomic E-state index is 0.141. The molecule has 8 heteroatoms. The first kappa shape index (κ1) is 15.9. The monoisotopic (exact) mass is 369 g/mol. The molecule has 0 radical (unpaired) electrons. The van der Waals surface area contributed by atoms with E-state index in [1.165, 1.54) is 11.3 Å². The zero-order chi connectivity index (χ0) is 17.4. The van der Waals surface area contributed by atoms with E-state index < -0.39 is 0 Å². The van der Waals surface area contributed by atoms with Crippen molar-refractivity contribution in [2.45, 2.75) is 19.9 Å². The Bertz CT molecular complexity index is 1030. The molecule has 4 rings (SSSR count). The number of aryl methyl sites for hydroxylation is 1. The van der Waals surface area contributed by atoms with E-state index >= 15 is 0 Å². The molecule has 1 N–H and O–H groups in total. The molecule has 0 aromatic carbocycles. The van der Waals surface area contributed by atoms with E-state index in [9.17, 15) is 4.79 Å². The van der Waals surface area contributed by atoms with E-state index in [2.05, 4.69) is 20.5 Å². The smallest absolute Gasteiger partial charge is 0.263 e. The summed E-state index contributed by atoms with van der Waals surface area (Å²) in [6, 6.07) is 9.42. The minimum Gasteiger partial charge on any atom is -0.342 e. The number of rotatable bonds is 4. The van der Waals surface area contributed by atoms with Gasteiger partial charge in [-0.1, -0.05) is 12.1 Å². The highest BCUT2D eigenvalue weighted by atomic mass is 32.1. The fraction of sp³-hybridized carbons (Fsp3) is 0.176. The number of nitrogens with zero attached hydrogens (tertiary/aromatic N) is 4. The summed E-state index contributed by atoms with van der Waals surface area (Å²) in [6.07, 6.45) is 1.89. The molecule has 1 amide bonds. The molecular weight excluding hydrogens is 354 g/mol. The lowest BCUT2D eigenvalue weighted by molar-refractivity contribution is 0.0941. The van der Waals surface area contributed by atoms with Gasteiger partial charge in [0.2, 0.25) is 0 Å². The number of pyridine rings is 1. The van der Waals surface area contributed by atoms with E-state index in [4.69, 9.17) is 0 Å². The summed E-state index contributed by atoms with van der Waals surface area (Å²) < 4.78 is 1.88. The maximum absolute atomic E-state index is 12.7. The predicted molar refractivity (Wildman–Crippen MR) is 99.0 cm³/mol. The van der Waals surface area contributed by atoms with Gasteiger partial charge in [0.25, 0.3) is 5.91 Å². The lowest BCUT2D eigenvalue weighted by Crippen LogP contribution is -2.27. The number of carbonyl (C=O) groups excluding carboxylic acids is 1. The van der Waals surface area contributed by atoms with Crippen LogP contribution >= 0.6 is 22.7 Å². The molecule has 0 aliphatic rings. The Morgan fingerprint density at radius 3 is 2.92 bits per heavy atom. The van der Waals surface area contributed by atoms with Crippen LogP contribution in [0, 0.1) is 6.92 Å². The van der Waals surface area contributed by atoms with E-state index in [1.807, 2.05) is 60.2 Å². The second kappa shape index (κ2) is 6.38. The van der Waals surface area contributed by atoms with Crippen LogP contribution in [0.3, 0.4) is 0 Å². The van der Waals surface area contributed by atoms with E-state index in [-0.39, 0.29) is 11.9 Å². The number of thiophene rings is 1. The highest BCUT2D eigenvalue weighted by molar-refractivity contribution is 7.22. The number of nitrogens with one attached hydrogen (secondary N) is 1. The second-order valence-electron chi connectivity index (χ2n) is 5.59. The van der Waals surface area contributed by atoms with Crippen LogP contribution in [0.2, 0.25) is 0 Å². The van der Waals surface area contributed by atoms with Crippen molar-refractivity contribution in [3.05, 3.63) is 58.3 Å². The van der Waals surface area contributed by atoms with Crippen molar-refractivity contribution in [2.75, 3.05) is 0 Å². The van der Waals surface area contributed by atoms with Crippen LogP contribution in [0.15, 0.2) is 41.9 Å². The molecule has 4 aromatic rings. The largest absolute Gasteiger partial charge is 0.342 e. The standard InChI is InChI=1S/C17H15N5OS2/c1-10-14(25-17(19-10)12-6-5-9-24-12)16(23)18-11(2)15-21-20-13-7-3-4-8-22(13)15/h3-9,11H,1-2H3,(H,18,23). The van der Waals surface area contributed by atoms with Crippen molar-refractivity contribution in [1.82, 2.24) is 24.9 Å². The summed E-state index contributed by atoms with van der Waals surface area (Å²) >= 11 is 3.03. The van der Waals surface area contributed by atoms with Gasteiger partial charge in [0, 0.05) is 6.20 Å². The number of amides is 1. The van der Waals surface area contributed by atoms with Crippen LogP contribution in [0.4, 0.5) is 0 Å². The minimum atomic E-state index is -0.267. The number of hydrogen-bond donors (Lipinski definition) is 1. The quantitative estimate of drug-likeness (QED) is 0.595. The third-order valence-electron chi connectivity index (χ3n) is 3.81. The summed E-state index contributed by atoms with van der Waals surface area (Å²) in [5.74, 6) is 0.558. The first-order valence-corrected chi connectivity index (χ1v) is 9.45. The Hall–Kier alpha value is -2.58. The summed E-state index contributed by atoms with van der Waals surface area (Å²) in [5.41, 5.74) is 1.50. The molecule has 4 heterocycles. The van der Waals surface area contributed by atoms with Crippen LogP contribution in [-0.2, 0) is 0 Å². The molecule has 126 valence electrons. The molecule has 6 nitrogen and oxygen atoms in total. The van der Waals surface area contributed by atoms with E-state index in [1.54, 1.807) is 11.3 Å². The fourth-order valence-corrected chi connectivity index (χ4v) is 4.36. The van der Waals surface area contributed by atoms with Gasteiger partial charge in [-0.05, 0) is 37.4 Å². The molecule has 0 saturated carbocycles. The van der Waals surface area contributed by atoms with Crippen LogP contribution < -0.4 is 5.32 Å². The summed E-state index contributed by atoms with van der Waals surface area (Å²) in [4.78, 5) is 18.9. The van der Waals surface area contributed by atoms with Crippen molar-refractivity contribution in [2.24, 2.45) is 0 Å². The van der Waals surface area contributed by atoms with Crippen LogP contribution in [-0.4, -0.2) is 25.5 Å². The van der Waals surface area contributed by atoms with Crippen molar-refractivity contribution in [3.8, 4) is 9.88 Å². The van der Waals surface area contributed by atoms with Gasteiger partial charge in [0.05, 0.1) is 16.6 Å². The van der Waals surface area contributed by atoms with Gasteiger partial charge in [-0.3, -0.25) is 9.20 Å². The van der Waals surface area contributed by atoms with Crippen LogP contribution in [0.25, 0.3) is 15.5 Å². The fourth-order valence-electron chi connectivity index (χ4n) is 2.59. The van der Waals surface area contributed by atoms with Crippen molar-refractivity contribution >= 4 is 34.2 Å². The maximum atomic E-state index is 12.7. The Labute approximate surface area is 152 Å². The third-order valence-corrected chi connectivity index (χ3v) is 6.01. The first-order valence-electron chi connectivity index (χ1n) is 7.75. The molecule has 0 fully saturated rings. The number of carbonyl (C=O) groups is 1. The lowest BCUT2D eigenvalue weighted by Gasteiger charge is -2.11. The van der Waals surface area contributed by atoms with Crippen LogP contribution in [0.5, 0.6) is 0 Å². The molecule has 0 spiro atoms. The van der Waals surface area contributed by atoms with Gasteiger partial charge in [0.15, 0.2) is 11.5 Å². The number of thiazole rings is 1. The molecule has 0 aliphatic carbocycles. The predicted octanol–water partition coefficient (Wildman–Crippen LogP) is 3.71. The van der Waals surface area contributed by atoms with E-state index in [0.717, 1.165) is 21.2 Å². The first-order chi connectivity index (χ1) is 12.1. The zero-order valence-corrected chi connectivity index (χ0v) is 15.3. The van der Waals surface area contributed by atoms with Crippen molar-refractivity contribution < 1.29 is 4.79 Å². The van der Waals surface area contributed by atoms with Gasteiger partial charge in [-0.2, -0.15) is 0 Å². The van der Waals surface area contributed by atoms with Crippen molar-refractivity contribution in [1.29, 1.82) is 0 Å². The summed E-state index contributed by atoms with van der Waals surface area (Å²) in [7, 11) is 0. The van der Waals surface area contributed by atoms with Gasteiger partial charge in [0.1, 0.15) is 9.88 Å². The second-order valence-corrected chi connectivity index (χ2v) is 7.54. The normalized spacial score (nSPS) is 12.4. The molecule has 0 aliphatic heterocycles.